The minimum atomic E-state index is -0.984. The lowest BCUT2D eigenvalue weighted by Crippen LogP contribution is -2.00. The average Bonchev–Trinajstić information content (AvgIpc) is 2.46. The highest BCUT2D eigenvalue weighted by atomic mass is 16.5. The van der Waals surface area contributed by atoms with Gasteiger partial charge in [-0.05, 0) is 35.9 Å². The molecule has 1 aromatic carbocycles. The lowest BCUT2D eigenvalue weighted by Gasteiger charge is -2.00. The van der Waals surface area contributed by atoms with Gasteiger partial charge in [0.15, 0.2) is 0 Å². The molecule has 0 radical (unpaired) electrons. The first-order valence-electron chi connectivity index (χ1n) is 5.71. The molecule has 0 amide bonds. The number of carboxylic acid groups (broad SMARTS) is 1. The van der Waals surface area contributed by atoms with Gasteiger partial charge < -0.3 is 9.84 Å². The second kappa shape index (κ2) is 5.82. The second-order valence-corrected chi connectivity index (χ2v) is 3.85. The van der Waals surface area contributed by atoms with E-state index in [-0.39, 0.29) is 5.56 Å². The Morgan fingerprint density at radius 2 is 1.95 bits per heavy atom. The van der Waals surface area contributed by atoms with Crippen molar-refractivity contribution in [2.24, 2.45) is 0 Å². The van der Waals surface area contributed by atoms with Crippen molar-refractivity contribution in [1.29, 1.82) is 0 Å². The van der Waals surface area contributed by atoms with Crippen LogP contribution in [0, 0.1) is 0 Å². The van der Waals surface area contributed by atoms with Crippen LogP contribution in [0.2, 0.25) is 0 Å². The third-order valence-electron chi connectivity index (χ3n) is 2.62. The van der Waals surface area contributed by atoms with Crippen LogP contribution in [0.3, 0.4) is 0 Å². The van der Waals surface area contributed by atoms with Crippen LogP contribution in [0.4, 0.5) is 0 Å². The van der Waals surface area contributed by atoms with Crippen molar-refractivity contribution < 1.29 is 14.6 Å². The number of benzene rings is 1. The summed E-state index contributed by atoms with van der Waals surface area (Å²) in [5.74, 6) is -0.205. The van der Waals surface area contributed by atoms with E-state index in [1.165, 1.54) is 6.07 Å². The Hall–Kier alpha value is -2.62. The van der Waals surface area contributed by atoms with Crippen LogP contribution in [0.25, 0.3) is 12.2 Å². The van der Waals surface area contributed by atoms with E-state index in [2.05, 4.69) is 4.98 Å². The van der Waals surface area contributed by atoms with Gasteiger partial charge in [-0.25, -0.2) is 4.79 Å². The Labute approximate surface area is 111 Å². The number of aromatic carboxylic acids is 1. The number of ether oxygens (including phenoxy) is 1. The van der Waals surface area contributed by atoms with E-state index < -0.39 is 5.97 Å². The molecule has 1 heterocycles. The third kappa shape index (κ3) is 3.19. The number of hydrogen-bond donors (Lipinski definition) is 1. The van der Waals surface area contributed by atoms with Crippen LogP contribution in [0.5, 0.6) is 5.75 Å². The van der Waals surface area contributed by atoms with Gasteiger partial charge in [0.25, 0.3) is 0 Å². The molecule has 2 aromatic rings. The van der Waals surface area contributed by atoms with Crippen LogP contribution in [-0.4, -0.2) is 23.2 Å². The second-order valence-electron chi connectivity index (χ2n) is 3.85. The normalized spacial score (nSPS) is 10.6. The van der Waals surface area contributed by atoms with Gasteiger partial charge in [-0.2, -0.15) is 0 Å². The van der Waals surface area contributed by atoms with Crippen molar-refractivity contribution >= 4 is 18.1 Å². The predicted octanol–water partition coefficient (Wildman–Crippen LogP) is 2.96. The fourth-order valence-corrected chi connectivity index (χ4v) is 1.62. The highest BCUT2D eigenvalue weighted by molar-refractivity contribution is 5.92. The summed E-state index contributed by atoms with van der Waals surface area (Å²) in [5.41, 5.74) is 1.57. The van der Waals surface area contributed by atoms with Crippen LogP contribution in [0.15, 0.2) is 42.6 Å². The van der Waals surface area contributed by atoms with Gasteiger partial charge >= 0.3 is 5.97 Å². The number of aromatic nitrogens is 1. The zero-order valence-corrected chi connectivity index (χ0v) is 10.4. The summed E-state index contributed by atoms with van der Waals surface area (Å²) in [6.45, 7) is 0. The highest BCUT2D eigenvalue weighted by Gasteiger charge is 2.07. The Balaban J connectivity index is 2.24. The van der Waals surface area contributed by atoms with Gasteiger partial charge in [-0.1, -0.05) is 18.2 Å². The molecule has 0 unspecified atom stereocenters. The van der Waals surface area contributed by atoms with Crippen molar-refractivity contribution in [3.8, 4) is 5.75 Å². The molecule has 0 aliphatic carbocycles. The monoisotopic (exact) mass is 255 g/mol. The van der Waals surface area contributed by atoms with Gasteiger partial charge in [-0.15, -0.1) is 0 Å². The first-order chi connectivity index (χ1) is 9.20. The van der Waals surface area contributed by atoms with Crippen molar-refractivity contribution in [2.45, 2.75) is 0 Å². The number of hydrogen-bond acceptors (Lipinski definition) is 3. The highest BCUT2D eigenvalue weighted by Crippen LogP contribution is 2.14. The van der Waals surface area contributed by atoms with Crippen molar-refractivity contribution in [3.05, 3.63) is 59.4 Å². The van der Waals surface area contributed by atoms with E-state index in [1.54, 1.807) is 25.4 Å². The molecule has 0 saturated heterocycles. The number of methoxy groups -OCH3 is 1. The van der Waals surface area contributed by atoms with Crippen molar-refractivity contribution in [1.82, 2.24) is 4.98 Å². The van der Waals surface area contributed by atoms with E-state index >= 15 is 0 Å². The summed E-state index contributed by atoms with van der Waals surface area (Å²) >= 11 is 0. The smallest absolute Gasteiger partial charge is 0.337 e. The lowest BCUT2D eigenvalue weighted by atomic mass is 10.1. The van der Waals surface area contributed by atoms with Crippen LogP contribution < -0.4 is 4.74 Å². The first-order valence-corrected chi connectivity index (χ1v) is 5.71. The molecule has 96 valence electrons. The summed E-state index contributed by atoms with van der Waals surface area (Å²) in [4.78, 5) is 15.1. The van der Waals surface area contributed by atoms with Gasteiger partial charge in [0.2, 0.25) is 0 Å². The molecular weight excluding hydrogens is 242 g/mol. The molecule has 4 nitrogen and oxygen atoms in total. The summed E-state index contributed by atoms with van der Waals surface area (Å²) in [6, 6.07) is 10.6. The average molecular weight is 255 g/mol. The van der Waals surface area contributed by atoms with Crippen molar-refractivity contribution in [2.75, 3.05) is 7.11 Å². The van der Waals surface area contributed by atoms with Crippen LogP contribution in [-0.2, 0) is 0 Å². The van der Waals surface area contributed by atoms with Gasteiger partial charge in [0.1, 0.15) is 5.75 Å². The molecule has 0 aliphatic rings. The molecule has 1 aromatic heterocycles. The van der Waals surface area contributed by atoms with E-state index in [1.807, 2.05) is 30.3 Å². The van der Waals surface area contributed by atoms with E-state index in [9.17, 15) is 4.79 Å². The number of nitrogens with zero attached hydrogens (tertiary/aromatic N) is 1. The maximum atomic E-state index is 11.0. The van der Waals surface area contributed by atoms with Crippen LogP contribution >= 0.6 is 0 Å². The fraction of sp³-hybridized carbons (Fsp3) is 0.0667. The molecule has 2 rings (SSSR count). The van der Waals surface area contributed by atoms with E-state index in [0.717, 1.165) is 11.3 Å². The number of carbonyl (C=O) groups is 1. The maximum Gasteiger partial charge on any atom is 0.337 e. The van der Waals surface area contributed by atoms with E-state index in [0.29, 0.717) is 5.69 Å². The van der Waals surface area contributed by atoms with Gasteiger partial charge in [-0.3, -0.25) is 4.98 Å². The quantitative estimate of drug-likeness (QED) is 0.912. The molecule has 4 heteroatoms. The zero-order chi connectivity index (χ0) is 13.7. The van der Waals surface area contributed by atoms with Gasteiger partial charge in [0.05, 0.1) is 18.4 Å². The molecule has 0 aliphatic heterocycles. The topological polar surface area (TPSA) is 59.4 Å². The molecule has 0 atom stereocenters. The zero-order valence-electron chi connectivity index (χ0n) is 10.4. The Kier molecular flexibility index (Phi) is 3.93. The van der Waals surface area contributed by atoms with Gasteiger partial charge in [0, 0.05) is 6.20 Å². The minimum Gasteiger partial charge on any atom is -0.497 e. The van der Waals surface area contributed by atoms with Crippen molar-refractivity contribution in [3.63, 3.8) is 0 Å². The number of pyridine rings is 1. The standard InChI is InChI=1S/C15H13NO3/c1-19-12-7-4-11(5-8-12)6-9-14-13(15(17)18)3-2-10-16-14/h2-10H,1H3,(H,17,18). The predicted molar refractivity (Wildman–Crippen MR) is 73.1 cm³/mol. The Morgan fingerprint density at radius 3 is 2.58 bits per heavy atom. The lowest BCUT2D eigenvalue weighted by molar-refractivity contribution is 0.0696. The Morgan fingerprint density at radius 1 is 1.21 bits per heavy atom. The molecule has 0 fully saturated rings. The SMILES string of the molecule is COc1ccc(C=Cc2ncccc2C(=O)O)cc1. The van der Waals surface area contributed by atoms with E-state index in [4.69, 9.17) is 9.84 Å². The summed E-state index contributed by atoms with van der Waals surface area (Å²) in [5, 5.41) is 9.04. The molecule has 0 bridgehead atoms. The molecule has 0 spiro atoms. The number of carboxylic acids is 1. The summed E-state index contributed by atoms with van der Waals surface area (Å²) in [7, 11) is 1.61. The Bertz CT molecular complexity index is 603. The number of rotatable bonds is 4. The summed E-state index contributed by atoms with van der Waals surface area (Å²) in [6.07, 6.45) is 5.07. The molecule has 1 N–H and O–H groups in total. The molecule has 0 saturated carbocycles. The largest absolute Gasteiger partial charge is 0.497 e. The fourth-order valence-electron chi connectivity index (χ4n) is 1.62. The summed E-state index contributed by atoms with van der Waals surface area (Å²) < 4.78 is 5.07. The minimum absolute atomic E-state index is 0.187. The third-order valence-corrected chi connectivity index (χ3v) is 2.62. The molecule has 19 heavy (non-hydrogen) atoms. The maximum absolute atomic E-state index is 11.0. The molecular formula is C15H13NO3. The first kappa shape index (κ1) is 12.8. The van der Waals surface area contributed by atoms with Crippen LogP contribution in [0.1, 0.15) is 21.6 Å².